The number of hydrogen-bond acceptors (Lipinski definition) is 4. The van der Waals surface area contributed by atoms with Crippen molar-refractivity contribution in [3.05, 3.63) is 38.4 Å². The molecule has 0 unspecified atom stereocenters. The second kappa shape index (κ2) is 4.88. The van der Waals surface area contributed by atoms with Gasteiger partial charge < -0.3 is 0 Å². The van der Waals surface area contributed by atoms with Crippen molar-refractivity contribution in [3.8, 4) is 0 Å². The molecule has 0 spiro atoms. The van der Waals surface area contributed by atoms with E-state index in [4.69, 9.17) is 0 Å². The van der Waals surface area contributed by atoms with Crippen molar-refractivity contribution in [2.24, 2.45) is 0 Å². The van der Waals surface area contributed by atoms with E-state index in [1.54, 1.807) is 6.07 Å². The summed E-state index contributed by atoms with van der Waals surface area (Å²) in [5, 5.41) is 11.8. The number of amides is 1. The second-order valence-corrected chi connectivity index (χ2v) is 5.40. The maximum absolute atomic E-state index is 11.9. The highest BCUT2D eigenvalue weighted by atomic mass is 127. The molecule has 0 bridgehead atoms. The van der Waals surface area contributed by atoms with Gasteiger partial charge in [-0.25, -0.2) is 0 Å². The molecule has 1 aromatic heterocycles. The number of aromatic nitrogens is 2. The third-order valence-corrected chi connectivity index (χ3v) is 3.56. The van der Waals surface area contributed by atoms with Gasteiger partial charge in [0.2, 0.25) is 5.13 Å². The molecule has 0 saturated heterocycles. The van der Waals surface area contributed by atoms with Crippen LogP contribution in [-0.2, 0) is 0 Å². The zero-order chi connectivity index (χ0) is 11.5. The van der Waals surface area contributed by atoms with Gasteiger partial charge in [0.25, 0.3) is 5.91 Å². The molecule has 0 radical (unpaired) electrons. The van der Waals surface area contributed by atoms with Gasteiger partial charge in [-0.1, -0.05) is 23.5 Å². The lowest BCUT2D eigenvalue weighted by Gasteiger charge is -2.02. The molecule has 0 fully saturated rings. The summed E-state index contributed by atoms with van der Waals surface area (Å²) in [6.07, 6.45) is 0. The highest BCUT2D eigenvalue weighted by Crippen LogP contribution is 2.17. The van der Waals surface area contributed by atoms with E-state index in [2.05, 4.69) is 38.1 Å². The van der Waals surface area contributed by atoms with Gasteiger partial charge in [0.1, 0.15) is 5.01 Å². The minimum absolute atomic E-state index is 0.152. The van der Waals surface area contributed by atoms with Crippen LogP contribution in [0.5, 0.6) is 0 Å². The Balaban J connectivity index is 2.18. The van der Waals surface area contributed by atoms with E-state index in [1.165, 1.54) is 11.3 Å². The molecular formula is C10H8IN3OS. The maximum atomic E-state index is 11.9. The van der Waals surface area contributed by atoms with Crippen molar-refractivity contribution in [1.82, 2.24) is 10.2 Å². The predicted octanol–water partition coefficient (Wildman–Crippen LogP) is 2.70. The van der Waals surface area contributed by atoms with Gasteiger partial charge in [-0.2, -0.15) is 0 Å². The van der Waals surface area contributed by atoms with Crippen LogP contribution >= 0.6 is 33.9 Å². The minimum Gasteiger partial charge on any atom is -0.296 e. The van der Waals surface area contributed by atoms with E-state index < -0.39 is 0 Å². The molecule has 1 N–H and O–H groups in total. The molecule has 0 saturated carbocycles. The average Bonchev–Trinajstić information content (AvgIpc) is 2.64. The van der Waals surface area contributed by atoms with E-state index in [-0.39, 0.29) is 5.91 Å². The van der Waals surface area contributed by atoms with Gasteiger partial charge in [0, 0.05) is 3.57 Å². The first-order valence-corrected chi connectivity index (χ1v) is 6.42. The quantitative estimate of drug-likeness (QED) is 0.852. The first-order valence-electron chi connectivity index (χ1n) is 4.53. The maximum Gasteiger partial charge on any atom is 0.258 e. The Morgan fingerprint density at radius 3 is 2.75 bits per heavy atom. The van der Waals surface area contributed by atoms with Gasteiger partial charge in [0.05, 0.1) is 5.56 Å². The number of rotatable bonds is 2. The first kappa shape index (κ1) is 11.5. The van der Waals surface area contributed by atoms with E-state index in [9.17, 15) is 4.79 Å². The fraction of sp³-hybridized carbons (Fsp3) is 0.100. The monoisotopic (exact) mass is 345 g/mol. The molecule has 0 aliphatic carbocycles. The minimum atomic E-state index is -0.152. The number of carbonyl (C=O) groups is 1. The third-order valence-electron chi connectivity index (χ3n) is 1.86. The highest BCUT2D eigenvalue weighted by molar-refractivity contribution is 14.1. The largest absolute Gasteiger partial charge is 0.296 e. The predicted molar refractivity (Wildman–Crippen MR) is 71.8 cm³/mol. The molecule has 2 rings (SSSR count). The number of aryl methyl sites for hydroxylation is 1. The smallest absolute Gasteiger partial charge is 0.258 e. The lowest BCUT2D eigenvalue weighted by molar-refractivity contribution is 0.102. The van der Waals surface area contributed by atoms with Crippen LogP contribution in [-0.4, -0.2) is 16.1 Å². The Morgan fingerprint density at radius 2 is 2.12 bits per heavy atom. The fourth-order valence-electron chi connectivity index (χ4n) is 1.16. The number of nitrogens with one attached hydrogen (secondary N) is 1. The van der Waals surface area contributed by atoms with Crippen molar-refractivity contribution >= 4 is 45.0 Å². The normalized spacial score (nSPS) is 10.1. The summed E-state index contributed by atoms with van der Waals surface area (Å²) in [5.41, 5.74) is 0.649. The number of halogens is 1. The number of hydrogen-bond donors (Lipinski definition) is 1. The highest BCUT2D eigenvalue weighted by Gasteiger charge is 2.11. The Bertz CT molecular complexity index is 526. The molecule has 1 amide bonds. The molecule has 16 heavy (non-hydrogen) atoms. The van der Waals surface area contributed by atoms with Crippen LogP contribution in [0.4, 0.5) is 5.13 Å². The van der Waals surface area contributed by atoms with E-state index in [0.717, 1.165) is 8.58 Å². The van der Waals surface area contributed by atoms with Crippen LogP contribution < -0.4 is 5.32 Å². The number of carbonyl (C=O) groups excluding carboxylic acids is 1. The van der Waals surface area contributed by atoms with E-state index in [1.807, 2.05) is 25.1 Å². The summed E-state index contributed by atoms with van der Waals surface area (Å²) in [6.45, 7) is 1.85. The number of nitrogens with zero attached hydrogens (tertiary/aromatic N) is 2. The van der Waals surface area contributed by atoms with Crippen LogP contribution in [0.1, 0.15) is 15.4 Å². The second-order valence-electron chi connectivity index (χ2n) is 3.06. The van der Waals surface area contributed by atoms with Crippen LogP contribution in [0, 0.1) is 10.5 Å². The van der Waals surface area contributed by atoms with Crippen LogP contribution in [0.15, 0.2) is 24.3 Å². The van der Waals surface area contributed by atoms with E-state index >= 15 is 0 Å². The topological polar surface area (TPSA) is 54.9 Å². The fourth-order valence-corrected chi connectivity index (χ4v) is 2.38. The van der Waals surface area contributed by atoms with E-state index in [0.29, 0.717) is 10.7 Å². The molecule has 2 aromatic rings. The van der Waals surface area contributed by atoms with Crippen molar-refractivity contribution in [2.45, 2.75) is 6.92 Å². The lowest BCUT2D eigenvalue weighted by Crippen LogP contribution is -2.13. The van der Waals surface area contributed by atoms with Gasteiger partial charge in [0.15, 0.2) is 0 Å². The van der Waals surface area contributed by atoms with Crippen molar-refractivity contribution in [3.63, 3.8) is 0 Å². The number of benzene rings is 1. The SMILES string of the molecule is Cc1nnc(NC(=O)c2ccccc2I)s1. The summed E-state index contributed by atoms with van der Waals surface area (Å²) >= 11 is 3.49. The summed E-state index contributed by atoms with van der Waals surface area (Å²) in [6, 6.07) is 7.40. The average molecular weight is 345 g/mol. The Hall–Kier alpha value is -1.02. The molecule has 1 heterocycles. The molecule has 0 aliphatic rings. The van der Waals surface area contributed by atoms with Gasteiger partial charge in [-0.15, -0.1) is 10.2 Å². The Morgan fingerprint density at radius 1 is 1.38 bits per heavy atom. The van der Waals surface area contributed by atoms with Crippen molar-refractivity contribution < 1.29 is 4.79 Å². The molecule has 0 aliphatic heterocycles. The van der Waals surface area contributed by atoms with Crippen molar-refractivity contribution in [2.75, 3.05) is 5.32 Å². The molecular weight excluding hydrogens is 337 g/mol. The summed E-state index contributed by atoms with van der Waals surface area (Å²) in [4.78, 5) is 11.9. The zero-order valence-electron chi connectivity index (χ0n) is 8.40. The third kappa shape index (κ3) is 2.56. The summed E-state index contributed by atoms with van der Waals surface area (Å²) in [5.74, 6) is -0.152. The van der Waals surface area contributed by atoms with Gasteiger partial charge >= 0.3 is 0 Å². The first-order chi connectivity index (χ1) is 7.66. The number of anilines is 1. The Kier molecular flexibility index (Phi) is 3.49. The molecule has 6 heteroatoms. The van der Waals surface area contributed by atoms with Gasteiger partial charge in [-0.05, 0) is 41.6 Å². The standard InChI is InChI=1S/C10H8IN3OS/c1-6-13-14-10(16-6)12-9(15)7-4-2-3-5-8(7)11/h2-5H,1H3,(H,12,14,15). The molecule has 0 atom stereocenters. The van der Waals surface area contributed by atoms with Crippen LogP contribution in [0.2, 0.25) is 0 Å². The zero-order valence-corrected chi connectivity index (χ0v) is 11.4. The van der Waals surface area contributed by atoms with Gasteiger partial charge in [-0.3, -0.25) is 10.1 Å². The van der Waals surface area contributed by atoms with Crippen LogP contribution in [0.3, 0.4) is 0 Å². The molecule has 4 nitrogen and oxygen atoms in total. The molecule has 82 valence electrons. The van der Waals surface area contributed by atoms with Crippen LogP contribution in [0.25, 0.3) is 0 Å². The summed E-state index contributed by atoms with van der Waals surface area (Å²) in [7, 11) is 0. The van der Waals surface area contributed by atoms with Crippen molar-refractivity contribution in [1.29, 1.82) is 0 Å². The Labute approximate surface area is 110 Å². The summed E-state index contributed by atoms with van der Waals surface area (Å²) < 4.78 is 0.916. The molecule has 1 aromatic carbocycles. The lowest BCUT2D eigenvalue weighted by atomic mass is 10.2.